The lowest BCUT2D eigenvalue weighted by Gasteiger charge is -2.41. The lowest BCUT2D eigenvalue weighted by molar-refractivity contribution is 0.722. The fraction of sp³-hybridized carbons (Fsp3) is 0.0159. The van der Waals surface area contributed by atoms with E-state index >= 15 is 0 Å². The van der Waals surface area contributed by atoms with E-state index in [9.17, 15) is 0 Å². The van der Waals surface area contributed by atoms with Gasteiger partial charge in [0, 0.05) is 43.8 Å². The Morgan fingerprint density at radius 2 is 0.727 bits per heavy atom. The molecule has 66 heavy (non-hydrogen) atoms. The Morgan fingerprint density at radius 1 is 0.288 bits per heavy atom. The highest BCUT2D eigenvalue weighted by Gasteiger charge is 2.52. The van der Waals surface area contributed by atoms with Crippen LogP contribution in [-0.2, 0) is 5.41 Å². The normalized spacial score (nSPS) is 12.9. The molecule has 11 aromatic carbocycles. The van der Waals surface area contributed by atoms with Gasteiger partial charge >= 0.3 is 0 Å². The molecule has 1 aliphatic heterocycles. The monoisotopic (exact) mass is 858 g/mol. The second-order valence-electron chi connectivity index (χ2n) is 17.3. The zero-order chi connectivity index (χ0) is 43.6. The fourth-order valence-corrected chi connectivity index (χ4v) is 12.0. The summed E-state index contributed by atoms with van der Waals surface area (Å²) in [6.07, 6.45) is 0. The van der Waals surface area contributed by atoms with Gasteiger partial charge in [-0.2, -0.15) is 0 Å². The summed E-state index contributed by atoms with van der Waals surface area (Å²) < 4.78 is 0. The van der Waals surface area contributed by atoms with Crippen LogP contribution in [0.4, 0.5) is 34.1 Å². The van der Waals surface area contributed by atoms with Crippen LogP contribution in [0, 0.1) is 0 Å². The van der Waals surface area contributed by atoms with E-state index in [0.717, 1.165) is 39.6 Å². The van der Waals surface area contributed by atoms with Crippen molar-refractivity contribution in [2.24, 2.45) is 0 Å². The zero-order valence-corrected chi connectivity index (χ0v) is 36.9. The SMILES string of the molecule is c1ccc(N(c2ccc(-c3ccc(N(c4ccc5ccccc5c4)c4cccc5c4C4(c6ccccc6Sc6ccccc64)c4ccccc4-5)cc3)cc2)c2ccc3ccccc3c2)cc1. The molecule has 1 heterocycles. The first-order valence-electron chi connectivity index (χ1n) is 22.7. The van der Waals surface area contributed by atoms with Gasteiger partial charge in [0.1, 0.15) is 0 Å². The minimum absolute atomic E-state index is 0.530. The summed E-state index contributed by atoms with van der Waals surface area (Å²) >= 11 is 1.88. The van der Waals surface area contributed by atoms with Crippen molar-refractivity contribution in [3.8, 4) is 22.3 Å². The summed E-state index contributed by atoms with van der Waals surface area (Å²) in [5.74, 6) is 0. The highest BCUT2D eigenvalue weighted by atomic mass is 32.2. The van der Waals surface area contributed by atoms with E-state index in [-0.39, 0.29) is 0 Å². The maximum absolute atomic E-state index is 2.50. The second-order valence-corrected chi connectivity index (χ2v) is 18.3. The molecule has 3 heteroatoms. The maximum Gasteiger partial charge on any atom is 0.0755 e. The van der Waals surface area contributed by atoms with Gasteiger partial charge in [-0.15, -0.1) is 0 Å². The minimum atomic E-state index is -0.530. The van der Waals surface area contributed by atoms with Crippen LogP contribution in [0.1, 0.15) is 22.3 Å². The number of fused-ring (bicyclic) bond motifs is 11. The lowest BCUT2D eigenvalue weighted by Crippen LogP contribution is -2.33. The zero-order valence-electron chi connectivity index (χ0n) is 36.1. The van der Waals surface area contributed by atoms with Gasteiger partial charge in [0.2, 0.25) is 0 Å². The molecule has 0 atom stereocenters. The van der Waals surface area contributed by atoms with E-state index in [1.807, 2.05) is 11.8 Å². The summed E-state index contributed by atoms with van der Waals surface area (Å²) in [5.41, 5.74) is 16.4. The molecule has 0 bridgehead atoms. The quantitative estimate of drug-likeness (QED) is 0.158. The first-order valence-corrected chi connectivity index (χ1v) is 23.5. The van der Waals surface area contributed by atoms with E-state index in [1.165, 1.54) is 70.4 Å². The van der Waals surface area contributed by atoms with Gasteiger partial charge in [0.25, 0.3) is 0 Å². The number of anilines is 6. The molecule has 0 unspecified atom stereocenters. The van der Waals surface area contributed by atoms with Gasteiger partial charge in [-0.05, 0) is 139 Å². The van der Waals surface area contributed by atoms with Gasteiger partial charge in [-0.25, -0.2) is 0 Å². The van der Waals surface area contributed by atoms with E-state index in [0.29, 0.717) is 0 Å². The van der Waals surface area contributed by atoms with Gasteiger partial charge in [-0.1, -0.05) is 188 Å². The summed E-state index contributed by atoms with van der Waals surface area (Å²) in [6, 6.07) is 93.8. The number of para-hydroxylation sites is 1. The minimum Gasteiger partial charge on any atom is -0.310 e. The molecule has 0 saturated heterocycles. The Balaban J connectivity index is 0.958. The predicted molar refractivity (Wildman–Crippen MR) is 278 cm³/mol. The molecule has 0 amide bonds. The number of rotatable bonds is 7. The molecule has 0 N–H and O–H groups in total. The van der Waals surface area contributed by atoms with Crippen molar-refractivity contribution in [3.63, 3.8) is 0 Å². The molecule has 0 radical (unpaired) electrons. The summed E-state index contributed by atoms with van der Waals surface area (Å²) in [6.45, 7) is 0. The molecular formula is C63H42N2S. The molecule has 310 valence electrons. The van der Waals surface area contributed by atoms with Crippen molar-refractivity contribution in [1.82, 2.24) is 0 Å². The Bertz CT molecular complexity index is 3590. The van der Waals surface area contributed by atoms with Gasteiger partial charge < -0.3 is 9.80 Å². The highest BCUT2D eigenvalue weighted by Crippen LogP contribution is 2.64. The Labute approximate surface area is 389 Å². The van der Waals surface area contributed by atoms with Gasteiger partial charge in [0.05, 0.1) is 11.1 Å². The Kier molecular flexibility index (Phi) is 9.04. The standard InChI is InChI=1S/C63H42N2S/c1-2-19-49(20-3-1)64(52-39-33-43-15-4-6-17-47(43)41-52)50-35-29-45(30-36-50)46-31-37-51(38-32-46)65(53-40-34-44-16-5-7-18-48(44)42-53)59-26-14-22-55-54-21-8-9-23-56(54)63(62(55)59)57-24-10-12-27-60(57)66-61-28-13-11-25-58(61)63/h1-42H. The largest absolute Gasteiger partial charge is 0.310 e. The van der Waals surface area contributed by atoms with Gasteiger partial charge in [-0.3, -0.25) is 0 Å². The Morgan fingerprint density at radius 3 is 1.33 bits per heavy atom. The predicted octanol–water partition coefficient (Wildman–Crippen LogP) is 17.4. The van der Waals surface area contributed by atoms with Crippen LogP contribution >= 0.6 is 11.8 Å². The first kappa shape index (κ1) is 38.4. The number of nitrogens with zero attached hydrogens (tertiary/aromatic N) is 2. The molecule has 13 rings (SSSR count). The molecule has 2 aliphatic rings. The molecule has 1 spiro atoms. The van der Waals surface area contributed by atoms with Crippen molar-refractivity contribution in [3.05, 3.63) is 277 Å². The van der Waals surface area contributed by atoms with Crippen molar-refractivity contribution < 1.29 is 0 Å². The smallest absolute Gasteiger partial charge is 0.0755 e. The second kappa shape index (κ2) is 15.6. The van der Waals surface area contributed by atoms with Crippen LogP contribution in [0.25, 0.3) is 43.8 Å². The number of benzene rings is 11. The van der Waals surface area contributed by atoms with Gasteiger partial charge in [0.15, 0.2) is 0 Å². The molecular weight excluding hydrogens is 817 g/mol. The molecule has 11 aromatic rings. The summed E-state index contributed by atoms with van der Waals surface area (Å²) in [7, 11) is 0. The number of hydrogen-bond acceptors (Lipinski definition) is 3. The van der Waals surface area contributed by atoms with Crippen molar-refractivity contribution in [2.45, 2.75) is 15.2 Å². The molecule has 0 fully saturated rings. The average molecular weight is 859 g/mol. The molecule has 1 aliphatic carbocycles. The molecule has 0 aromatic heterocycles. The summed E-state index contributed by atoms with van der Waals surface area (Å²) in [4.78, 5) is 7.43. The highest BCUT2D eigenvalue weighted by molar-refractivity contribution is 7.99. The summed E-state index contributed by atoms with van der Waals surface area (Å²) in [5, 5.41) is 4.89. The van der Waals surface area contributed by atoms with Crippen LogP contribution in [0.3, 0.4) is 0 Å². The van der Waals surface area contributed by atoms with Crippen LogP contribution < -0.4 is 9.80 Å². The van der Waals surface area contributed by atoms with Crippen LogP contribution in [0.2, 0.25) is 0 Å². The molecule has 0 saturated carbocycles. The topological polar surface area (TPSA) is 6.48 Å². The number of hydrogen-bond donors (Lipinski definition) is 0. The first-order chi connectivity index (χ1) is 32.7. The molecule has 2 nitrogen and oxygen atoms in total. The van der Waals surface area contributed by atoms with E-state index in [2.05, 4.69) is 265 Å². The van der Waals surface area contributed by atoms with Crippen molar-refractivity contribution in [1.29, 1.82) is 0 Å². The van der Waals surface area contributed by atoms with Crippen LogP contribution in [0.15, 0.2) is 265 Å². The third kappa shape index (κ3) is 6.05. The van der Waals surface area contributed by atoms with Crippen LogP contribution in [0.5, 0.6) is 0 Å². The maximum atomic E-state index is 2.50. The third-order valence-electron chi connectivity index (χ3n) is 13.7. The van der Waals surface area contributed by atoms with Crippen LogP contribution in [-0.4, -0.2) is 0 Å². The van der Waals surface area contributed by atoms with E-state index in [4.69, 9.17) is 0 Å². The average Bonchev–Trinajstić information content (AvgIpc) is 3.68. The lowest BCUT2D eigenvalue weighted by atomic mass is 9.66. The third-order valence-corrected chi connectivity index (χ3v) is 14.8. The van der Waals surface area contributed by atoms with E-state index in [1.54, 1.807) is 0 Å². The van der Waals surface area contributed by atoms with E-state index < -0.39 is 5.41 Å². The Hall–Kier alpha value is -8.11. The fourth-order valence-electron chi connectivity index (χ4n) is 10.8. The van der Waals surface area contributed by atoms with Crippen molar-refractivity contribution >= 4 is 67.4 Å². The van der Waals surface area contributed by atoms with Crippen molar-refractivity contribution in [2.75, 3.05) is 9.80 Å².